The summed E-state index contributed by atoms with van der Waals surface area (Å²) in [4.78, 5) is 63.6. The van der Waals surface area contributed by atoms with E-state index in [0.717, 1.165) is 41.9 Å². The Morgan fingerprint density at radius 3 is 2.79 bits per heavy atom. The van der Waals surface area contributed by atoms with Crippen LogP contribution in [0.1, 0.15) is 37.8 Å². The highest BCUT2D eigenvalue weighted by Crippen LogP contribution is 2.41. The number of carboxylic acid groups (broad SMARTS) is 1. The summed E-state index contributed by atoms with van der Waals surface area (Å²) in [5.41, 5.74) is 6.48. The summed E-state index contributed by atoms with van der Waals surface area (Å²) in [6, 6.07) is -0.974. The predicted molar refractivity (Wildman–Crippen MR) is 144 cm³/mol. The van der Waals surface area contributed by atoms with Crippen LogP contribution < -0.4 is 11.1 Å². The molecule has 4 aliphatic rings. The highest BCUT2D eigenvalue weighted by molar-refractivity contribution is 8.00. The van der Waals surface area contributed by atoms with E-state index < -0.39 is 29.2 Å². The lowest BCUT2D eigenvalue weighted by Crippen LogP contribution is -2.71. The van der Waals surface area contributed by atoms with Gasteiger partial charge in [-0.2, -0.15) is 0 Å². The van der Waals surface area contributed by atoms with Crippen molar-refractivity contribution in [2.24, 2.45) is 5.16 Å². The highest BCUT2D eigenvalue weighted by Gasteiger charge is 2.54. The topological polar surface area (TPSA) is 168 Å². The van der Waals surface area contributed by atoms with E-state index in [4.69, 9.17) is 17.0 Å². The minimum absolute atomic E-state index is 0.0975. The van der Waals surface area contributed by atoms with Gasteiger partial charge in [0.2, 0.25) is 0 Å². The SMILES string of the molecule is C#CCN1CC/C(=C\C2=C(C(=O)O)N3C(=O)[C@@H](NC(=O)/C(=N\OC4CCCC4)c4csc(N)n4)[C@H]3SC2)C1=O. The number of amides is 3. The highest BCUT2D eigenvalue weighted by atomic mass is 32.2. The largest absolute Gasteiger partial charge is 0.477 e. The number of aromatic nitrogens is 1. The van der Waals surface area contributed by atoms with E-state index in [1.807, 2.05) is 0 Å². The molecule has 4 N–H and O–H groups in total. The van der Waals surface area contributed by atoms with Gasteiger partial charge in [-0.3, -0.25) is 19.3 Å². The fourth-order valence-electron chi connectivity index (χ4n) is 4.96. The van der Waals surface area contributed by atoms with Gasteiger partial charge in [0.15, 0.2) is 10.8 Å². The summed E-state index contributed by atoms with van der Waals surface area (Å²) in [5.74, 6) is -0.105. The zero-order chi connectivity index (χ0) is 27.7. The second-order valence-electron chi connectivity index (χ2n) is 9.41. The molecule has 14 heteroatoms. The number of nitrogens with one attached hydrogen (secondary N) is 1. The van der Waals surface area contributed by atoms with Gasteiger partial charge in [-0.05, 0) is 43.8 Å². The lowest BCUT2D eigenvalue weighted by Gasteiger charge is -2.49. The van der Waals surface area contributed by atoms with E-state index in [1.165, 1.54) is 16.7 Å². The minimum atomic E-state index is -1.29. The first-order valence-electron chi connectivity index (χ1n) is 12.4. The minimum Gasteiger partial charge on any atom is -0.477 e. The number of nitrogens with two attached hydrogens (primary N) is 1. The number of fused-ring (bicyclic) bond motifs is 1. The third kappa shape index (κ3) is 5.24. The van der Waals surface area contributed by atoms with Gasteiger partial charge >= 0.3 is 5.97 Å². The van der Waals surface area contributed by atoms with Gasteiger partial charge in [-0.1, -0.05) is 11.1 Å². The number of hydrogen-bond donors (Lipinski definition) is 3. The molecule has 0 bridgehead atoms. The number of oxime groups is 1. The lowest BCUT2D eigenvalue weighted by molar-refractivity contribution is -0.150. The number of carboxylic acids is 1. The van der Waals surface area contributed by atoms with Crippen LogP contribution in [-0.4, -0.2) is 85.7 Å². The number of likely N-dealkylation sites (tertiary alicyclic amines) is 1. The van der Waals surface area contributed by atoms with Crippen molar-refractivity contribution in [2.75, 3.05) is 24.6 Å². The average Bonchev–Trinajstić information content (AvgIpc) is 3.66. The van der Waals surface area contributed by atoms with Crippen molar-refractivity contribution in [1.82, 2.24) is 20.1 Å². The fraction of sp³-hybridized carbons (Fsp3) is 0.440. The van der Waals surface area contributed by atoms with Crippen LogP contribution in [0.25, 0.3) is 0 Å². The molecule has 0 radical (unpaired) electrons. The van der Waals surface area contributed by atoms with E-state index in [2.05, 4.69) is 21.4 Å². The summed E-state index contributed by atoms with van der Waals surface area (Å²) in [6.45, 7) is 0.629. The van der Waals surface area contributed by atoms with Gasteiger partial charge < -0.3 is 25.9 Å². The molecule has 39 heavy (non-hydrogen) atoms. The molecule has 0 spiro atoms. The van der Waals surface area contributed by atoms with Crippen molar-refractivity contribution in [2.45, 2.75) is 49.6 Å². The smallest absolute Gasteiger partial charge is 0.352 e. The Bertz CT molecular complexity index is 1350. The van der Waals surface area contributed by atoms with Gasteiger partial charge in [0, 0.05) is 23.3 Å². The van der Waals surface area contributed by atoms with E-state index >= 15 is 0 Å². The summed E-state index contributed by atoms with van der Waals surface area (Å²) in [6.07, 6.45) is 10.9. The van der Waals surface area contributed by atoms with Crippen LogP contribution in [0, 0.1) is 12.3 Å². The maximum atomic E-state index is 13.2. The normalized spacial score (nSPS) is 24.6. The van der Waals surface area contributed by atoms with Crippen molar-refractivity contribution < 1.29 is 29.1 Å². The quantitative estimate of drug-likeness (QED) is 0.135. The fourth-order valence-corrected chi connectivity index (χ4v) is 6.81. The summed E-state index contributed by atoms with van der Waals surface area (Å²) < 4.78 is 0. The monoisotopic (exact) mass is 570 g/mol. The number of hydrogen-bond acceptors (Lipinski definition) is 10. The third-order valence-electron chi connectivity index (χ3n) is 6.91. The van der Waals surface area contributed by atoms with E-state index in [1.54, 1.807) is 11.5 Å². The predicted octanol–water partition coefficient (Wildman–Crippen LogP) is 0.919. The molecule has 12 nitrogen and oxygen atoms in total. The Balaban J connectivity index is 1.34. The number of terminal acetylenes is 1. The molecule has 2 atom stereocenters. The molecule has 5 rings (SSSR count). The number of nitrogens with zero attached hydrogens (tertiary/aromatic N) is 4. The van der Waals surface area contributed by atoms with Crippen LogP contribution in [0.3, 0.4) is 0 Å². The zero-order valence-electron chi connectivity index (χ0n) is 20.8. The summed E-state index contributed by atoms with van der Waals surface area (Å²) in [5, 5.41) is 17.9. The Morgan fingerprint density at radius 2 is 2.13 bits per heavy atom. The number of thiazole rings is 1. The van der Waals surface area contributed by atoms with Crippen molar-refractivity contribution in [1.29, 1.82) is 0 Å². The maximum absolute atomic E-state index is 13.2. The number of carbonyl (C=O) groups is 4. The first-order chi connectivity index (χ1) is 18.8. The van der Waals surface area contributed by atoms with Crippen molar-refractivity contribution in [3.63, 3.8) is 0 Å². The Kier molecular flexibility index (Phi) is 7.62. The summed E-state index contributed by atoms with van der Waals surface area (Å²) in [7, 11) is 0. The van der Waals surface area contributed by atoms with Crippen molar-refractivity contribution >= 4 is 57.6 Å². The van der Waals surface area contributed by atoms with Gasteiger partial charge in [0.25, 0.3) is 17.7 Å². The van der Waals surface area contributed by atoms with Gasteiger partial charge in [-0.15, -0.1) is 29.5 Å². The standard InChI is InChI=1S/C25H26N6O6S2/c1-2-8-30-9-7-13(21(30)33)10-14-11-38-23-18(22(34)31(23)19(14)24(35)36)28-20(32)17(16-12-39-25(26)27-16)29-37-15-5-3-4-6-15/h1,10,12,15,18,23H,3-9,11H2,(H2,26,27)(H,28,32)(H,35,36)/b13-10+,29-17-/t18-,23-/m1/s1. The van der Waals surface area contributed by atoms with E-state index in [0.29, 0.717) is 24.1 Å². The molecule has 3 amide bonds. The Labute approximate surface area is 232 Å². The van der Waals surface area contributed by atoms with Crippen LogP contribution in [0.15, 0.2) is 33.5 Å². The molecule has 4 heterocycles. The van der Waals surface area contributed by atoms with Gasteiger partial charge in [0.1, 0.15) is 28.9 Å². The maximum Gasteiger partial charge on any atom is 0.352 e. The molecule has 1 saturated carbocycles. The number of allylic oxidation sites excluding steroid dienone is 1. The number of anilines is 1. The van der Waals surface area contributed by atoms with Crippen LogP contribution >= 0.6 is 23.1 Å². The second kappa shape index (κ2) is 11.1. The number of aliphatic carboxylic acids is 1. The second-order valence-corrected chi connectivity index (χ2v) is 11.4. The molecule has 1 aliphatic carbocycles. The van der Waals surface area contributed by atoms with Crippen LogP contribution in [0.5, 0.6) is 0 Å². The number of rotatable bonds is 8. The van der Waals surface area contributed by atoms with Crippen LogP contribution in [0.2, 0.25) is 0 Å². The van der Waals surface area contributed by atoms with Gasteiger partial charge in [-0.25, -0.2) is 9.78 Å². The molecular weight excluding hydrogens is 544 g/mol. The molecule has 3 aliphatic heterocycles. The average molecular weight is 571 g/mol. The molecule has 0 unspecified atom stereocenters. The van der Waals surface area contributed by atoms with Gasteiger partial charge in [0.05, 0.1) is 6.54 Å². The van der Waals surface area contributed by atoms with Crippen molar-refractivity contribution in [3.8, 4) is 12.3 Å². The molecular formula is C25H26N6O6S2. The Morgan fingerprint density at radius 1 is 1.36 bits per heavy atom. The van der Waals surface area contributed by atoms with E-state index in [-0.39, 0.29) is 46.5 Å². The molecule has 3 fully saturated rings. The zero-order valence-corrected chi connectivity index (χ0v) is 22.4. The molecule has 0 aromatic carbocycles. The van der Waals surface area contributed by atoms with Crippen molar-refractivity contribution in [3.05, 3.63) is 34.0 Å². The first kappa shape index (κ1) is 26.8. The number of nitrogen functional groups attached to an aromatic ring is 1. The number of β-lactam (4-membered cyclic amide) rings is 1. The first-order valence-corrected chi connectivity index (χ1v) is 14.3. The summed E-state index contributed by atoms with van der Waals surface area (Å²) >= 11 is 2.44. The molecule has 204 valence electrons. The van der Waals surface area contributed by atoms with Crippen LogP contribution in [0.4, 0.5) is 5.13 Å². The Hall–Kier alpha value is -3.83. The lowest BCUT2D eigenvalue weighted by atomic mass is 10.0. The number of carbonyl (C=O) groups excluding carboxylic acids is 3. The third-order valence-corrected chi connectivity index (χ3v) is 8.88. The van der Waals surface area contributed by atoms with Crippen LogP contribution in [-0.2, 0) is 24.0 Å². The van der Waals surface area contributed by atoms with E-state index in [9.17, 15) is 24.3 Å². The number of thioether (sulfide) groups is 1. The molecule has 1 aromatic rings. The molecule has 2 saturated heterocycles. The molecule has 1 aromatic heterocycles.